The summed E-state index contributed by atoms with van der Waals surface area (Å²) >= 11 is 0. The van der Waals surface area contributed by atoms with E-state index in [1.165, 1.54) is 5.56 Å². The number of carbonyl (C=O) groups is 1. The quantitative estimate of drug-likeness (QED) is 0.427. The minimum absolute atomic E-state index is 0.395. The predicted molar refractivity (Wildman–Crippen MR) is 121 cm³/mol. The van der Waals surface area contributed by atoms with Crippen LogP contribution in [0.5, 0.6) is 0 Å². The molecule has 4 aromatic rings. The number of carboxylic acid groups (broad SMARTS) is 1. The second-order valence-electron chi connectivity index (χ2n) is 7.44. The van der Waals surface area contributed by atoms with E-state index in [2.05, 4.69) is 53.2 Å². The van der Waals surface area contributed by atoms with E-state index < -0.39 is 6.09 Å². The zero-order chi connectivity index (χ0) is 21.8. The van der Waals surface area contributed by atoms with Crippen molar-refractivity contribution < 1.29 is 9.90 Å². The first-order valence-corrected chi connectivity index (χ1v) is 10.1. The number of aromatic nitrogens is 2. The molecule has 0 saturated heterocycles. The number of pyridine rings is 1. The van der Waals surface area contributed by atoms with E-state index in [4.69, 9.17) is 15.4 Å². The average Bonchev–Trinajstić information content (AvgIpc) is 3.18. The highest BCUT2D eigenvalue weighted by Gasteiger charge is 2.14. The van der Waals surface area contributed by atoms with Gasteiger partial charge in [-0.25, -0.2) is 9.78 Å². The van der Waals surface area contributed by atoms with Gasteiger partial charge in [-0.15, -0.1) is 0 Å². The lowest BCUT2D eigenvalue weighted by molar-refractivity contribution is 0.194. The first-order chi connectivity index (χ1) is 15.0. The van der Waals surface area contributed by atoms with Gasteiger partial charge in [-0.1, -0.05) is 42.0 Å². The van der Waals surface area contributed by atoms with Gasteiger partial charge in [-0.05, 0) is 43.2 Å². The van der Waals surface area contributed by atoms with E-state index in [0.29, 0.717) is 25.1 Å². The Labute approximate surface area is 180 Å². The number of nitrogens with one attached hydrogen (secondary N) is 1. The Morgan fingerprint density at radius 2 is 1.81 bits per heavy atom. The van der Waals surface area contributed by atoms with Crippen molar-refractivity contribution in [3.05, 3.63) is 78.0 Å². The Hall–Kier alpha value is -4.11. The molecule has 0 spiro atoms. The molecule has 0 atom stereocenters. The van der Waals surface area contributed by atoms with Crippen molar-refractivity contribution in [2.24, 2.45) is 0 Å². The maximum atomic E-state index is 10.7. The molecule has 154 valence electrons. The normalized spacial score (nSPS) is 10.7. The standard InChI is InChI=1S/C25H22N4O2/c1-17-3-7-20(8-4-17)24-21(19-9-5-18(16-26)6-10-19)15-23-22(28-24)11-14-29(23)13-2-12-27-25(30)31/h3-11,14-15,27H,2,12-13H2,1H3,(H,30,31). The van der Waals surface area contributed by atoms with Crippen LogP contribution in [0.25, 0.3) is 33.4 Å². The van der Waals surface area contributed by atoms with Crippen LogP contribution in [0.2, 0.25) is 0 Å². The van der Waals surface area contributed by atoms with Crippen LogP contribution in [-0.2, 0) is 6.54 Å². The van der Waals surface area contributed by atoms with E-state index in [1.54, 1.807) is 0 Å². The number of nitrogens with zero attached hydrogens (tertiary/aromatic N) is 3. The van der Waals surface area contributed by atoms with Crippen LogP contribution in [0.15, 0.2) is 66.9 Å². The van der Waals surface area contributed by atoms with Crippen molar-refractivity contribution in [3.63, 3.8) is 0 Å². The van der Waals surface area contributed by atoms with Gasteiger partial charge in [0, 0.05) is 30.4 Å². The molecule has 0 bridgehead atoms. The summed E-state index contributed by atoms with van der Waals surface area (Å²) < 4.78 is 2.10. The Morgan fingerprint density at radius 1 is 1.10 bits per heavy atom. The summed E-state index contributed by atoms with van der Waals surface area (Å²) in [5.74, 6) is 0. The van der Waals surface area contributed by atoms with E-state index in [-0.39, 0.29) is 0 Å². The molecule has 2 aromatic carbocycles. The van der Waals surface area contributed by atoms with Crippen molar-refractivity contribution in [1.29, 1.82) is 5.26 Å². The molecule has 2 heterocycles. The smallest absolute Gasteiger partial charge is 0.404 e. The lowest BCUT2D eigenvalue weighted by Crippen LogP contribution is -2.22. The monoisotopic (exact) mass is 410 g/mol. The van der Waals surface area contributed by atoms with E-state index in [0.717, 1.165) is 33.4 Å². The summed E-state index contributed by atoms with van der Waals surface area (Å²) in [5.41, 5.74) is 7.58. The predicted octanol–water partition coefficient (Wildman–Crippen LogP) is 5.21. The van der Waals surface area contributed by atoms with Crippen LogP contribution in [0.3, 0.4) is 0 Å². The number of amides is 1. The van der Waals surface area contributed by atoms with Crippen LogP contribution in [0.4, 0.5) is 4.79 Å². The summed E-state index contributed by atoms with van der Waals surface area (Å²) in [6, 6.07) is 22.1. The molecule has 6 nitrogen and oxygen atoms in total. The molecule has 0 fully saturated rings. The molecule has 0 aliphatic carbocycles. The molecule has 0 aliphatic rings. The SMILES string of the molecule is Cc1ccc(-c2nc3ccn(CCCNC(=O)O)c3cc2-c2ccc(C#N)cc2)cc1. The number of fused-ring (bicyclic) bond motifs is 1. The van der Waals surface area contributed by atoms with Crippen molar-refractivity contribution in [2.75, 3.05) is 6.54 Å². The average molecular weight is 410 g/mol. The number of aryl methyl sites for hydroxylation is 2. The van der Waals surface area contributed by atoms with Gasteiger partial charge in [-0.2, -0.15) is 5.26 Å². The summed E-state index contributed by atoms with van der Waals surface area (Å²) in [4.78, 5) is 15.6. The van der Waals surface area contributed by atoms with Crippen molar-refractivity contribution in [3.8, 4) is 28.5 Å². The number of nitriles is 1. The zero-order valence-corrected chi connectivity index (χ0v) is 17.2. The fourth-order valence-corrected chi connectivity index (χ4v) is 3.63. The molecule has 2 N–H and O–H groups in total. The first kappa shape index (κ1) is 20.2. The lowest BCUT2D eigenvalue weighted by Gasteiger charge is -2.12. The third-order valence-corrected chi connectivity index (χ3v) is 5.25. The second kappa shape index (κ2) is 8.72. The van der Waals surface area contributed by atoms with Gasteiger partial charge in [0.25, 0.3) is 0 Å². The molecule has 0 aliphatic heterocycles. The fraction of sp³-hybridized carbons (Fsp3) is 0.160. The molecule has 0 saturated carbocycles. The molecule has 6 heteroatoms. The van der Waals surface area contributed by atoms with Crippen molar-refractivity contribution in [1.82, 2.24) is 14.9 Å². The number of hydrogen-bond acceptors (Lipinski definition) is 3. The summed E-state index contributed by atoms with van der Waals surface area (Å²) in [6.07, 6.45) is 1.66. The van der Waals surface area contributed by atoms with Gasteiger partial charge in [0.05, 0.1) is 28.4 Å². The Morgan fingerprint density at radius 3 is 2.48 bits per heavy atom. The molecular formula is C25H22N4O2. The number of rotatable bonds is 6. The molecule has 0 unspecified atom stereocenters. The molecular weight excluding hydrogens is 388 g/mol. The second-order valence-corrected chi connectivity index (χ2v) is 7.44. The minimum atomic E-state index is -1.01. The Balaban J connectivity index is 1.78. The summed E-state index contributed by atoms with van der Waals surface area (Å²) in [7, 11) is 0. The van der Waals surface area contributed by atoms with Crippen LogP contribution in [0.1, 0.15) is 17.5 Å². The van der Waals surface area contributed by atoms with Crippen LogP contribution in [-0.4, -0.2) is 27.3 Å². The van der Waals surface area contributed by atoms with Gasteiger partial charge >= 0.3 is 6.09 Å². The molecule has 4 rings (SSSR count). The van der Waals surface area contributed by atoms with Gasteiger partial charge in [0.1, 0.15) is 0 Å². The third-order valence-electron chi connectivity index (χ3n) is 5.25. The van der Waals surface area contributed by atoms with Crippen LogP contribution >= 0.6 is 0 Å². The Kier molecular flexibility index (Phi) is 5.67. The lowest BCUT2D eigenvalue weighted by atomic mass is 9.97. The fourth-order valence-electron chi connectivity index (χ4n) is 3.63. The van der Waals surface area contributed by atoms with Gasteiger partial charge in [0.2, 0.25) is 0 Å². The minimum Gasteiger partial charge on any atom is -0.465 e. The molecule has 1 amide bonds. The molecule has 2 aromatic heterocycles. The topological polar surface area (TPSA) is 90.9 Å². The van der Waals surface area contributed by atoms with Gasteiger partial charge < -0.3 is 15.0 Å². The van der Waals surface area contributed by atoms with Crippen molar-refractivity contribution in [2.45, 2.75) is 19.9 Å². The summed E-state index contributed by atoms with van der Waals surface area (Å²) in [5, 5.41) is 20.3. The first-order valence-electron chi connectivity index (χ1n) is 10.1. The molecule has 31 heavy (non-hydrogen) atoms. The highest BCUT2D eigenvalue weighted by Crippen LogP contribution is 2.34. The number of benzene rings is 2. The summed E-state index contributed by atoms with van der Waals surface area (Å²) in [6.45, 7) is 3.13. The molecule has 0 radical (unpaired) electrons. The van der Waals surface area contributed by atoms with E-state index in [1.807, 2.05) is 36.5 Å². The Bertz CT molecular complexity index is 1270. The maximum Gasteiger partial charge on any atom is 0.404 e. The van der Waals surface area contributed by atoms with E-state index >= 15 is 0 Å². The van der Waals surface area contributed by atoms with Crippen LogP contribution < -0.4 is 5.32 Å². The largest absolute Gasteiger partial charge is 0.465 e. The highest BCUT2D eigenvalue weighted by molar-refractivity contribution is 5.90. The van der Waals surface area contributed by atoms with Gasteiger partial charge in [-0.3, -0.25) is 0 Å². The van der Waals surface area contributed by atoms with Crippen molar-refractivity contribution >= 4 is 17.1 Å². The van der Waals surface area contributed by atoms with Gasteiger partial charge in [0.15, 0.2) is 0 Å². The number of hydrogen-bond donors (Lipinski definition) is 2. The maximum absolute atomic E-state index is 10.7. The zero-order valence-electron chi connectivity index (χ0n) is 17.2. The van der Waals surface area contributed by atoms with Crippen LogP contribution in [0, 0.1) is 18.3 Å². The third kappa shape index (κ3) is 4.41. The van der Waals surface area contributed by atoms with E-state index in [9.17, 15) is 4.79 Å². The highest BCUT2D eigenvalue weighted by atomic mass is 16.4.